The molecule has 0 radical (unpaired) electrons. The number of hydrogen-bond donors (Lipinski definition) is 1. The van der Waals surface area contributed by atoms with E-state index in [-0.39, 0.29) is 30.8 Å². The Hall–Kier alpha value is -3.80. The van der Waals surface area contributed by atoms with Crippen LogP contribution < -0.4 is 10.2 Å². The average molecular weight is 455 g/mol. The number of anilines is 1. The van der Waals surface area contributed by atoms with E-state index >= 15 is 0 Å². The Morgan fingerprint density at radius 3 is 2.53 bits per heavy atom. The molecule has 0 saturated carbocycles. The van der Waals surface area contributed by atoms with Gasteiger partial charge in [-0.15, -0.1) is 0 Å². The maximum absolute atomic E-state index is 13.2. The molecule has 1 aromatic heterocycles. The number of rotatable bonds is 8. The number of nitrogens with zero attached hydrogens (tertiary/aromatic N) is 3. The van der Waals surface area contributed by atoms with Gasteiger partial charge in [0.05, 0.1) is 12.1 Å². The standard InChI is InChI=1S/C28H30N4O2/c1-3-21-13-15-23(16-14-21)25-18-27(34)32(28-24(31-25)10-7-17-29-28)19-26(33)30-20(2)11-12-22-8-5-4-6-9-22/h4-10,13-17,20H,3,11-12,18-19H2,1-2H3,(H,30,33)/t20-/m1/s1. The van der Waals surface area contributed by atoms with E-state index in [0.717, 1.165) is 24.8 Å². The minimum absolute atomic E-state index is 0.0121. The lowest BCUT2D eigenvalue weighted by Gasteiger charge is -2.22. The highest BCUT2D eigenvalue weighted by Crippen LogP contribution is 2.30. The molecule has 2 aromatic carbocycles. The predicted octanol–water partition coefficient (Wildman–Crippen LogP) is 4.64. The molecular weight excluding hydrogens is 424 g/mol. The summed E-state index contributed by atoms with van der Waals surface area (Å²) in [5, 5.41) is 3.03. The molecule has 2 amide bonds. The van der Waals surface area contributed by atoms with E-state index in [2.05, 4.69) is 41.5 Å². The number of aryl methyl sites for hydroxylation is 2. The molecule has 0 bridgehead atoms. The molecule has 4 rings (SSSR count). The molecule has 6 heteroatoms. The van der Waals surface area contributed by atoms with Crippen LogP contribution in [-0.4, -0.2) is 35.1 Å². The third-order valence-electron chi connectivity index (χ3n) is 6.01. The summed E-state index contributed by atoms with van der Waals surface area (Å²) in [6.45, 7) is 4.00. The Morgan fingerprint density at radius 2 is 1.79 bits per heavy atom. The Kier molecular flexibility index (Phi) is 7.48. The molecule has 0 aliphatic carbocycles. The van der Waals surface area contributed by atoms with Crippen LogP contribution in [0.5, 0.6) is 0 Å². The van der Waals surface area contributed by atoms with Gasteiger partial charge in [0.15, 0.2) is 5.82 Å². The topological polar surface area (TPSA) is 74.7 Å². The van der Waals surface area contributed by atoms with Crippen molar-refractivity contribution in [2.75, 3.05) is 11.4 Å². The van der Waals surface area contributed by atoms with Crippen molar-refractivity contribution in [1.29, 1.82) is 0 Å². The first-order valence-electron chi connectivity index (χ1n) is 11.8. The summed E-state index contributed by atoms with van der Waals surface area (Å²) in [5.74, 6) is 0.0175. The van der Waals surface area contributed by atoms with E-state index in [4.69, 9.17) is 4.99 Å². The second kappa shape index (κ2) is 10.9. The number of fused-ring (bicyclic) bond motifs is 1. The molecule has 34 heavy (non-hydrogen) atoms. The molecule has 3 aromatic rings. The van der Waals surface area contributed by atoms with Crippen LogP contribution in [0.25, 0.3) is 0 Å². The van der Waals surface area contributed by atoms with Crippen LogP contribution in [0.2, 0.25) is 0 Å². The van der Waals surface area contributed by atoms with Crippen molar-refractivity contribution in [3.63, 3.8) is 0 Å². The maximum atomic E-state index is 13.2. The smallest absolute Gasteiger partial charge is 0.240 e. The van der Waals surface area contributed by atoms with Gasteiger partial charge >= 0.3 is 0 Å². The average Bonchev–Trinajstić information content (AvgIpc) is 3.00. The fourth-order valence-corrected chi connectivity index (χ4v) is 4.05. The summed E-state index contributed by atoms with van der Waals surface area (Å²) in [5.41, 5.74) is 4.64. The molecule has 0 saturated heterocycles. The zero-order chi connectivity index (χ0) is 23.9. The Morgan fingerprint density at radius 1 is 1.03 bits per heavy atom. The molecule has 174 valence electrons. The first-order chi connectivity index (χ1) is 16.5. The van der Waals surface area contributed by atoms with Crippen LogP contribution in [0.1, 0.15) is 43.4 Å². The zero-order valence-corrected chi connectivity index (χ0v) is 19.7. The van der Waals surface area contributed by atoms with E-state index in [0.29, 0.717) is 17.2 Å². The van der Waals surface area contributed by atoms with Gasteiger partial charge in [-0.3, -0.25) is 14.5 Å². The summed E-state index contributed by atoms with van der Waals surface area (Å²) in [6, 6.07) is 21.9. The monoisotopic (exact) mass is 454 g/mol. The second-order valence-corrected chi connectivity index (χ2v) is 8.60. The Balaban J connectivity index is 1.45. The molecule has 0 fully saturated rings. The molecular formula is C28H30N4O2. The molecule has 1 aliphatic rings. The van der Waals surface area contributed by atoms with Gasteiger partial charge in [0, 0.05) is 12.2 Å². The lowest BCUT2D eigenvalue weighted by molar-refractivity contribution is -0.123. The van der Waals surface area contributed by atoms with E-state index in [1.165, 1.54) is 16.0 Å². The molecule has 0 spiro atoms. The van der Waals surface area contributed by atoms with Crippen molar-refractivity contribution in [3.05, 3.63) is 89.6 Å². The van der Waals surface area contributed by atoms with Gasteiger partial charge in [0.25, 0.3) is 0 Å². The van der Waals surface area contributed by atoms with Crippen LogP contribution in [-0.2, 0) is 22.4 Å². The van der Waals surface area contributed by atoms with Gasteiger partial charge in [-0.1, -0.05) is 61.5 Å². The first-order valence-corrected chi connectivity index (χ1v) is 11.8. The molecule has 0 unspecified atom stereocenters. The number of amides is 2. The van der Waals surface area contributed by atoms with Crippen LogP contribution >= 0.6 is 0 Å². The van der Waals surface area contributed by atoms with Crippen molar-refractivity contribution in [2.45, 2.75) is 45.6 Å². The highest BCUT2D eigenvalue weighted by molar-refractivity contribution is 6.18. The van der Waals surface area contributed by atoms with E-state index in [1.807, 2.05) is 43.3 Å². The van der Waals surface area contributed by atoms with E-state index in [1.54, 1.807) is 12.3 Å². The Bertz CT molecular complexity index is 1170. The normalized spacial score (nSPS) is 14.1. The van der Waals surface area contributed by atoms with Crippen LogP contribution in [0.15, 0.2) is 77.9 Å². The number of pyridine rings is 1. The second-order valence-electron chi connectivity index (χ2n) is 8.60. The molecule has 1 atom stereocenters. The first kappa shape index (κ1) is 23.4. The quantitative estimate of drug-likeness (QED) is 0.539. The minimum atomic E-state index is -0.207. The van der Waals surface area contributed by atoms with Gasteiger partial charge in [0.2, 0.25) is 11.8 Å². The van der Waals surface area contributed by atoms with Gasteiger partial charge in [-0.05, 0) is 55.0 Å². The van der Waals surface area contributed by atoms with Crippen LogP contribution in [0.3, 0.4) is 0 Å². The lowest BCUT2D eigenvalue weighted by Crippen LogP contribution is -2.44. The largest absolute Gasteiger partial charge is 0.352 e. The predicted molar refractivity (Wildman–Crippen MR) is 136 cm³/mol. The summed E-state index contributed by atoms with van der Waals surface area (Å²) < 4.78 is 0. The van der Waals surface area contributed by atoms with Crippen molar-refractivity contribution in [3.8, 4) is 0 Å². The van der Waals surface area contributed by atoms with Crippen LogP contribution in [0.4, 0.5) is 11.5 Å². The summed E-state index contributed by atoms with van der Waals surface area (Å²) in [4.78, 5) is 36.7. The van der Waals surface area contributed by atoms with Crippen molar-refractivity contribution < 1.29 is 9.59 Å². The van der Waals surface area contributed by atoms with Crippen LogP contribution in [0, 0.1) is 0 Å². The number of benzene rings is 2. The minimum Gasteiger partial charge on any atom is -0.352 e. The third kappa shape index (κ3) is 5.76. The van der Waals surface area contributed by atoms with Gasteiger partial charge < -0.3 is 5.32 Å². The molecule has 2 heterocycles. The maximum Gasteiger partial charge on any atom is 0.240 e. The molecule has 6 nitrogen and oxygen atoms in total. The summed E-state index contributed by atoms with van der Waals surface area (Å²) >= 11 is 0. The van der Waals surface area contributed by atoms with Crippen molar-refractivity contribution in [2.24, 2.45) is 4.99 Å². The highest BCUT2D eigenvalue weighted by Gasteiger charge is 2.28. The number of aliphatic imine (C=N–C) groups is 1. The Labute approximate surface area is 200 Å². The number of carbonyl (C=O) groups excluding carboxylic acids is 2. The molecule has 1 N–H and O–H groups in total. The lowest BCUT2D eigenvalue weighted by atomic mass is 10.0. The zero-order valence-electron chi connectivity index (χ0n) is 19.7. The summed E-state index contributed by atoms with van der Waals surface area (Å²) in [7, 11) is 0. The van der Waals surface area contributed by atoms with E-state index < -0.39 is 0 Å². The number of aromatic nitrogens is 1. The van der Waals surface area contributed by atoms with Crippen molar-refractivity contribution >= 4 is 29.0 Å². The SMILES string of the molecule is CCc1ccc(C2=Nc3cccnc3N(CC(=O)N[C@H](C)CCc3ccccc3)C(=O)C2)cc1. The molecule has 1 aliphatic heterocycles. The number of hydrogen-bond acceptors (Lipinski definition) is 4. The fraction of sp³-hybridized carbons (Fsp3) is 0.286. The summed E-state index contributed by atoms with van der Waals surface area (Å²) in [6.07, 6.45) is 4.38. The highest BCUT2D eigenvalue weighted by atomic mass is 16.2. The van der Waals surface area contributed by atoms with Gasteiger partial charge in [0.1, 0.15) is 12.2 Å². The van der Waals surface area contributed by atoms with Crippen molar-refractivity contribution in [1.82, 2.24) is 10.3 Å². The third-order valence-corrected chi connectivity index (χ3v) is 6.01. The fourth-order valence-electron chi connectivity index (χ4n) is 4.05. The van der Waals surface area contributed by atoms with Gasteiger partial charge in [-0.2, -0.15) is 0 Å². The van der Waals surface area contributed by atoms with E-state index in [9.17, 15) is 9.59 Å². The number of nitrogens with one attached hydrogen (secondary N) is 1. The van der Waals surface area contributed by atoms with Gasteiger partial charge in [-0.25, -0.2) is 9.98 Å². The number of carbonyl (C=O) groups is 2.